The van der Waals surface area contributed by atoms with Crippen molar-refractivity contribution >= 4 is 5.91 Å². The van der Waals surface area contributed by atoms with Gasteiger partial charge in [0.05, 0.1) is 6.10 Å². The van der Waals surface area contributed by atoms with Gasteiger partial charge in [0.15, 0.2) is 6.10 Å². The summed E-state index contributed by atoms with van der Waals surface area (Å²) in [5.41, 5.74) is 3.04. The fourth-order valence-corrected chi connectivity index (χ4v) is 2.39. The van der Waals surface area contributed by atoms with Gasteiger partial charge >= 0.3 is 0 Å². The van der Waals surface area contributed by atoms with E-state index in [9.17, 15) is 4.79 Å². The number of benzene rings is 1. The predicted octanol–water partition coefficient (Wildman–Crippen LogP) is 2.07. The standard InChI is InChI=1S/C14H20N2O2/c15-16-14(17)13(11-7-3-1-4-8-11)18-12-9-5-2-6-10-12/h1,3-4,7-8,12-13H,2,5-6,9-10,15H2,(H,16,17). The van der Waals surface area contributed by atoms with E-state index in [4.69, 9.17) is 10.6 Å². The number of hydrogen-bond acceptors (Lipinski definition) is 3. The molecule has 1 amide bonds. The second-order valence-corrected chi connectivity index (χ2v) is 4.70. The molecule has 1 unspecified atom stereocenters. The number of ether oxygens (including phenoxy) is 1. The van der Waals surface area contributed by atoms with Gasteiger partial charge in [0.2, 0.25) is 0 Å². The van der Waals surface area contributed by atoms with Crippen LogP contribution in [0.15, 0.2) is 30.3 Å². The van der Waals surface area contributed by atoms with E-state index < -0.39 is 6.10 Å². The van der Waals surface area contributed by atoms with Gasteiger partial charge < -0.3 is 4.74 Å². The number of carbonyl (C=O) groups is 1. The van der Waals surface area contributed by atoms with E-state index in [0.717, 1.165) is 18.4 Å². The van der Waals surface area contributed by atoms with Crippen LogP contribution in [-0.4, -0.2) is 12.0 Å². The van der Waals surface area contributed by atoms with E-state index in [2.05, 4.69) is 5.43 Å². The fraction of sp³-hybridized carbons (Fsp3) is 0.500. The molecule has 1 fully saturated rings. The molecule has 0 bridgehead atoms. The maximum absolute atomic E-state index is 11.8. The molecule has 1 atom stereocenters. The van der Waals surface area contributed by atoms with Gasteiger partial charge in [0.1, 0.15) is 0 Å². The third kappa shape index (κ3) is 3.31. The summed E-state index contributed by atoms with van der Waals surface area (Å²) in [5, 5.41) is 0. The molecule has 1 aliphatic rings. The summed E-state index contributed by atoms with van der Waals surface area (Å²) in [4.78, 5) is 11.8. The van der Waals surface area contributed by atoms with Crippen molar-refractivity contribution in [2.45, 2.75) is 44.3 Å². The first-order chi connectivity index (χ1) is 8.81. The highest BCUT2D eigenvalue weighted by Gasteiger charge is 2.25. The molecule has 4 nitrogen and oxygen atoms in total. The number of rotatable bonds is 4. The molecular weight excluding hydrogens is 228 g/mol. The lowest BCUT2D eigenvalue weighted by Gasteiger charge is -2.26. The van der Waals surface area contributed by atoms with Crippen LogP contribution in [0.3, 0.4) is 0 Å². The minimum Gasteiger partial charge on any atom is -0.360 e. The highest BCUT2D eigenvalue weighted by molar-refractivity contribution is 5.81. The van der Waals surface area contributed by atoms with E-state index >= 15 is 0 Å². The van der Waals surface area contributed by atoms with Crippen molar-refractivity contribution in [1.82, 2.24) is 5.43 Å². The van der Waals surface area contributed by atoms with E-state index in [-0.39, 0.29) is 12.0 Å². The molecule has 1 aromatic carbocycles. The van der Waals surface area contributed by atoms with Gasteiger partial charge in [-0.3, -0.25) is 10.2 Å². The van der Waals surface area contributed by atoms with Gasteiger partial charge in [0.25, 0.3) is 5.91 Å². The second kappa shape index (κ2) is 6.52. The molecule has 0 saturated heterocycles. The zero-order chi connectivity index (χ0) is 12.8. The quantitative estimate of drug-likeness (QED) is 0.487. The number of nitrogens with two attached hydrogens (primary N) is 1. The van der Waals surface area contributed by atoms with Crippen molar-refractivity contribution in [3.05, 3.63) is 35.9 Å². The van der Waals surface area contributed by atoms with Crippen LogP contribution in [-0.2, 0) is 9.53 Å². The maximum atomic E-state index is 11.8. The van der Waals surface area contributed by atoms with Crippen LogP contribution in [0.25, 0.3) is 0 Å². The van der Waals surface area contributed by atoms with Gasteiger partial charge in [-0.2, -0.15) is 0 Å². The summed E-state index contributed by atoms with van der Waals surface area (Å²) in [7, 11) is 0. The highest BCUT2D eigenvalue weighted by atomic mass is 16.5. The maximum Gasteiger partial charge on any atom is 0.267 e. The van der Waals surface area contributed by atoms with Crippen molar-refractivity contribution < 1.29 is 9.53 Å². The van der Waals surface area contributed by atoms with Gasteiger partial charge in [-0.25, -0.2) is 5.84 Å². The van der Waals surface area contributed by atoms with Crippen LogP contribution < -0.4 is 11.3 Å². The monoisotopic (exact) mass is 248 g/mol. The first-order valence-electron chi connectivity index (χ1n) is 6.52. The summed E-state index contributed by atoms with van der Waals surface area (Å²) < 4.78 is 5.94. The lowest BCUT2D eigenvalue weighted by Crippen LogP contribution is -2.37. The molecule has 0 aliphatic heterocycles. The Morgan fingerprint density at radius 3 is 2.50 bits per heavy atom. The van der Waals surface area contributed by atoms with Gasteiger partial charge in [0, 0.05) is 0 Å². The topological polar surface area (TPSA) is 64.3 Å². The summed E-state index contributed by atoms with van der Waals surface area (Å²) >= 11 is 0. The zero-order valence-electron chi connectivity index (χ0n) is 10.5. The summed E-state index contributed by atoms with van der Waals surface area (Å²) in [6.45, 7) is 0. The molecule has 18 heavy (non-hydrogen) atoms. The molecular formula is C14H20N2O2. The Morgan fingerprint density at radius 2 is 1.89 bits per heavy atom. The molecule has 1 saturated carbocycles. The average Bonchev–Trinajstić information content (AvgIpc) is 2.46. The molecule has 4 heteroatoms. The lowest BCUT2D eigenvalue weighted by molar-refractivity contribution is -0.138. The summed E-state index contributed by atoms with van der Waals surface area (Å²) in [6.07, 6.45) is 5.24. The molecule has 3 N–H and O–H groups in total. The molecule has 1 aromatic rings. The van der Waals surface area contributed by atoms with Crippen LogP contribution in [0, 0.1) is 0 Å². The number of carbonyl (C=O) groups excluding carboxylic acids is 1. The Bertz CT molecular complexity index is 375. The number of amides is 1. The van der Waals surface area contributed by atoms with E-state index in [1.165, 1.54) is 19.3 Å². The lowest BCUT2D eigenvalue weighted by atomic mass is 9.97. The van der Waals surface area contributed by atoms with Crippen molar-refractivity contribution in [1.29, 1.82) is 0 Å². The highest BCUT2D eigenvalue weighted by Crippen LogP contribution is 2.27. The zero-order valence-corrected chi connectivity index (χ0v) is 10.5. The first-order valence-corrected chi connectivity index (χ1v) is 6.52. The Kier molecular flexibility index (Phi) is 4.73. The van der Waals surface area contributed by atoms with Crippen LogP contribution in [0.4, 0.5) is 0 Å². The molecule has 0 aromatic heterocycles. The Hall–Kier alpha value is -1.39. The van der Waals surface area contributed by atoms with Gasteiger partial charge in [-0.1, -0.05) is 49.6 Å². The van der Waals surface area contributed by atoms with E-state index in [1.54, 1.807) is 0 Å². The van der Waals surface area contributed by atoms with Crippen molar-refractivity contribution in [3.8, 4) is 0 Å². The van der Waals surface area contributed by atoms with Crippen molar-refractivity contribution in [2.24, 2.45) is 5.84 Å². The summed E-state index contributed by atoms with van der Waals surface area (Å²) in [6, 6.07) is 9.50. The molecule has 0 heterocycles. The Morgan fingerprint density at radius 1 is 1.22 bits per heavy atom. The van der Waals surface area contributed by atoms with Crippen LogP contribution >= 0.6 is 0 Å². The normalized spacial score (nSPS) is 18.3. The first kappa shape index (κ1) is 13.1. The SMILES string of the molecule is NNC(=O)C(OC1CCCCC1)c1ccccc1. The molecule has 2 rings (SSSR count). The smallest absolute Gasteiger partial charge is 0.267 e. The predicted molar refractivity (Wildman–Crippen MR) is 69.5 cm³/mol. The van der Waals surface area contributed by atoms with Crippen molar-refractivity contribution in [2.75, 3.05) is 0 Å². The van der Waals surface area contributed by atoms with Crippen LogP contribution in [0.1, 0.15) is 43.8 Å². The minimum absolute atomic E-state index is 0.168. The van der Waals surface area contributed by atoms with Crippen molar-refractivity contribution in [3.63, 3.8) is 0 Å². The Balaban J connectivity index is 2.07. The third-order valence-corrected chi connectivity index (χ3v) is 3.36. The molecule has 1 aliphatic carbocycles. The number of nitrogens with one attached hydrogen (secondary N) is 1. The average molecular weight is 248 g/mol. The van der Waals surface area contributed by atoms with E-state index in [0.29, 0.717) is 0 Å². The molecule has 0 radical (unpaired) electrons. The Labute approximate surface area is 107 Å². The summed E-state index contributed by atoms with van der Waals surface area (Å²) in [5.74, 6) is 4.95. The van der Waals surface area contributed by atoms with Gasteiger partial charge in [-0.05, 0) is 18.4 Å². The third-order valence-electron chi connectivity index (χ3n) is 3.36. The number of hydrazine groups is 1. The van der Waals surface area contributed by atoms with E-state index in [1.807, 2.05) is 30.3 Å². The van der Waals surface area contributed by atoms with Crippen LogP contribution in [0.2, 0.25) is 0 Å². The molecule has 0 spiro atoms. The second-order valence-electron chi connectivity index (χ2n) is 4.70. The fourth-order valence-electron chi connectivity index (χ4n) is 2.39. The van der Waals surface area contributed by atoms with Crippen LogP contribution in [0.5, 0.6) is 0 Å². The molecule has 98 valence electrons. The minimum atomic E-state index is -0.598. The number of hydrogen-bond donors (Lipinski definition) is 2. The van der Waals surface area contributed by atoms with Gasteiger partial charge in [-0.15, -0.1) is 0 Å². The largest absolute Gasteiger partial charge is 0.360 e.